The standard InChI is InChI=1S/C24H32N2O4S/c1-2-15-31(27,28)25-11-14-29-20-9-10-24-22(17-20)21(16-19-7-4-3-5-8-19)23(18-30-24)26-12-6-13-26/h3-5,7-10,17,21,23,25H,2,6,11-16,18H2,1H3. The molecule has 0 amide bonds. The highest BCUT2D eigenvalue weighted by atomic mass is 32.2. The van der Waals surface area contributed by atoms with Crippen LogP contribution in [0.1, 0.15) is 36.8 Å². The molecule has 0 aliphatic carbocycles. The molecule has 1 saturated heterocycles. The van der Waals surface area contributed by atoms with Crippen LogP contribution in [0, 0.1) is 0 Å². The molecule has 1 fully saturated rings. The number of nitrogens with zero attached hydrogens (tertiary/aromatic N) is 1. The van der Waals surface area contributed by atoms with Crippen molar-refractivity contribution >= 4 is 10.0 Å². The number of ether oxygens (including phenoxy) is 2. The number of fused-ring (bicyclic) bond motifs is 1. The quantitative estimate of drug-likeness (QED) is 0.570. The molecule has 0 saturated carbocycles. The first kappa shape index (κ1) is 22.1. The lowest BCUT2D eigenvalue weighted by molar-refractivity contribution is 0.0500. The van der Waals surface area contributed by atoms with Crippen molar-refractivity contribution < 1.29 is 17.9 Å². The Kier molecular flexibility index (Phi) is 7.15. The summed E-state index contributed by atoms with van der Waals surface area (Å²) in [5, 5.41) is 0. The van der Waals surface area contributed by atoms with Crippen molar-refractivity contribution in [2.75, 3.05) is 38.6 Å². The predicted octanol–water partition coefficient (Wildman–Crippen LogP) is 3.19. The molecular weight excluding hydrogens is 412 g/mol. The number of benzene rings is 2. The van der Waals surface area contributed by atoms with Gasteiger partial charge in [-0.2, -0.15) is 0 Å². The third-order valence-corrected chi connectivity index (χ3v) is 7.67. The van der Waals surface area contributed by atoms with Crippen molar-refractivity contribution in [2.24, 2.45) is 0 Å². The molecule has 168 valence electrons. The second kappa shape index (κ2) is 10.0. The fraction of sp³-hybridized carbons (Fsp3) is 0.500. The largest absolute Gasteiger partial charge is 0.492 e. The van der Waals surface area contributed by atoms with Crippen LogP contribution in [-0.2, 0) is 16.4 Å². The van der Waals surface area contributed by atoms with Crippen molar-refractivity contribution in [3.63, 3.8) is 0 Å². The van der Waals surface area contributed by atoms with Gasteiger partial charge in [-0.05, 0) is 56.1 Å². The zero-order valence-corrected chi connectivity index (χ0v) is 18.9. The third kappa shape index (κ3) is 5.59. The smallest absolute Gasteiger partial charge is 0.211 e. The number of hydrogen-bond acceptors (Lipinski definition) is 5. The fourth-order valence-corrected chi connectivity index (χ4v) is 5.47. The van der Waals surface area contributed by atoms with E-state index in [0.717, 1.165) is 31.0 Å². The van der Waals surface area contributed by atoms with Gasteiger partial charge in [0.25, 0.3) is 0 Å². The summed E-state index contributed by atoms with van der Waals surface area (Å²) < 4.78 is 38.2. The van der Waals surface area contributed by atoms with Gasteiger partial charge in [0.15, 0.2) is 0 Å². The van der Waals surface area contributed by atoms with E-state index in [4.69, 9.17) is 9.47 Å². The lowest BCUT2D eigenvalue weighted by Crippen LogP contribution is -2.52. The maximum atomic E-state index is 11.8. The second-order valence-corrected chi connectivity index (χ2v) is 10.3. The normalized spacial score (nSPS) is 21.1. The SMILES string of the molecule is CCCS(=O)(=O)NCCOc1ccc2c(c1)C(Cc1ccccc1)C(N1CCC1)CO2. The molecule has 4 rings (SSSR count). The van der Waals surface area contributed by atoms with Crippen molar-refractivity contribution in [3.8, 4) is 11.5 Å². The molecule has 2 aliphatic heterocycles. The summed E-state index contributed by atoms with van der Waals surface area (Å²) >= 11 is 0. The summed E-state index contributed by atoms with van der Waals surface area (Å²) in [5.41, 5.74) is 2.50. The van der Waals surface area contributed by atoms with Gasteiger partial charge in [-0.1, -0.05) is 37.3 Å². The molecule has 2 aromatic carbocycles. The Bertz CT molecular complexity index is 961. The molecule has 2 aromatic rings. The molecule has 2 unspecified atom stereocenters. The summed E-state index contributed by atoms with van der Waals surface area (Å²) in [6.45, 7) is 5.38. The molecule has 31 heavy (non-hydrogen) atoms. The highest BCUT2D eigenvalue weighted by molar-refractivity contribution is 7.89. The number of nitrogens with one attached hydrogen (secondary N) is 1. The predicted molar refractivity (Wildman–Crippen MR) is 122 cm³/mol. The van der Waals surface area contributed by atoms with Crippen molar-refractivity contribution in [3.05, 3.63) is 59.7 Å². The molecule has 0 bridgehead atoms. The third-order valence-electron chi connectivity index (χ3n) is 6.08. The summed E-state index contributed by atoms with van der Waals surface area (Å²) in [7, 11) is -3.21. The van der Waals surface area contributed by atoms with Gasteiger partial charge in [-0.15, -0.1) is 0 Å². The molecule has 6 nitrogen and oxygen atoms in total. The molecule has 7 heteroatoms. The molecule has 0 radical (unpaired) electrons. The number of rotatable bonds is 10. The molecule has 2 heterocycles. The van der Waals surface area contributed by atoms with E-state index in [1.165, 1.54) is 17.5 Å². The molecule has 0 spiro atoms. The Morgan fingerprint density at radius 2 is 1.97 bits per heavy atom. The number of sulfonamides is 1. The average Bonchev–Trinajstić information content (AvgIpc) is 2.72. The van der Waals surface area contributed by atoms with Gasteiger partial charge in [-0.25, -0.2) is 13.1 Å². The zero-order valence-electron chi connectivity index (χ0n) is 18.1. The van der Waals surface area contributed by atoms with E-state index in [1.54, 1.807) is 0 Å². The molecule has 2 atom stereocenters. The van der Waals surface area contributed by atoms with Gasteiger partial charge in [-0.3, -0.25) is 4.90 Å². The van der Waals surface area contributed by atoms with Crippen molar-refractivity contribution in [2.45, 2.75) is 38.1 Å². The van der Waals surface area contributed by atoms with Crippen LogP contribution < -0.4 is 14.2 Å². The Morgan fingerprint density at radius 1 is 1.16 bits per heavy atom. The van der Waals surface area contributed by atoms with E-state index in [9.17, 15) is 8.42 Å². The maximum absolute atomic E-state index is 11.8. The lowest BCUT2D eigenvalue weighted by atomic mass is 9.82. The Labute approximate surface area is 185 Å². The van der Waals surface area contributed by atoms with Crippen LogP contribution in [0.5, 0.6) is 11.5 Å². The molecule has 0 aromatic heterocycles. The minimum Gasteiger partial charge on any atom is -0.492 e. The Morgan fingerprint density at radius 3 is 2.68 bits per heavy atom. The van der Waals surface area contributed by atoms with Crippen LogP contribution in [-0.4, -0.2) is 58.0 Å². The van der Waals surface area contributed by atoms with Crippen molar-refractivity contribution in [1.82, 2.24) is 9.62 Å². The van der Waals surface area contributed by atoms with E-state index >= 15 is 0 Å². The van der Waals surface area contributed by atoms with Gasteiger partial charge in [0.1, 0.15) is 24.7 Å². The monoisotopic (exact) mass is 444 g/mol. The van der Waals surface area contributed by atoms with E-state index in [-0.39, 0.29) is 12.3 Å². The van der Waals surface area contributed by atoms with Gasteiger partial charge in [0.05, 0.1) is 11.8 Å². The first-order valence-electron chi connectivity index (χ1n) is 11.2. The minimum absolute atomic E-state index is 0.141. The van der Waals surface area contributed by atoms with Gasteiger partial charge in [0.2, 0.25) is 10.0 Å². The molecular formula is C24H32N2O4S. The summed E-state index contributed by atoms with van der Waals surface area (Å²) in [4.78, 5) is 2.52. The topological polar surface area (TPSA) is 67.9 Å². The lowest BCUT2D eigenvalue weighted by Gasteiger charge is -2.45. The minimum atomic E-state index is -3.21. The number of hydrogen-bond donors (Lipinski definition) is 1. The average molecular weight is 445 g/mol. The van der Waals surface area contributed by atoms with Crippen LogP contribution >= 0.6 is 0 Å². The van der Waals surface area contributed by atoms with Gasteiger partial charge in [0, 0.05) is 18.0 Å². The molecule has 1 N–H and O–H groups in total. The highest BCUT2D eigenvalue weighted by Crippen LogP contribution is 2.41. The summed E-state index contributed by atoms with van der Waals surface area (Å²) in [6.07, 6.45) is 2.80. The second-order valence-electron chi connectivity index (χ2n) is 8.33. The molecule has 2 aliphatic rings. The van der Waals surface area contributed by atoms with Crippen LogP contribution in [0.3, 0.4) is 0 Å². The van der Waals surface area contributed by atoms with E-state index < -0.39 is 10.0 Å². The van der Waals surface area contributed by atoms with Crippen LogP contribution in [0.25, 0.3) is 0 Å². The van der Waals surface area contributed by atoms with Crippen LogP contribution in [0.15, 0.2) is 48.5 Å². The van der Waals surface area contributed by atoms with Crippen molar-refractivity contribution in [1.29, 1.82) is 0 Å². The number of likely N-dealkylation sites (tertiary alicyclic amines) is 1. The Hall–Kier alpha value is -2.09. The maximum Gasteiger partial charge on any atom is 0.211 e. The van der Waals surface area contributed by atoms with E-state index in [2.05, 4.69) is 46.0 Å². The zero-order chi connectivity index (χ0) is 21.7. The first-order valence-corrected chi connectivity index (χ1v) is 12.9. The van der Waals surface area contributed by atoms with Gasteiger partial charge < -0.3 is 9.47 Å². The van der Waals surface area contributed by atoms with Gasteiger partial charge >= 0.3 is 0 Å². The summed E-state index contributed by atoms with van der Waals surface area (Å²) in [5.74, 6) is 2.15. The fourth-order valence-electron chi connectivity index (χ4n) is 4.39. The highest BCUT2D eigenvalue weighted by Gasteiger charge is 2.37. The summed E-state index contributed by atoms with van der Waals surface area (Å²) in [6, 6.07) is 16.9. The first-order chi connectivity index (χ1) is 15.1. The van der Waals surface area contributed by atoms with E-state index in [0.29, 0.717) is 31.6 Å². The Balaban J connectivity index is 1.48. The van der Waals surface area contributed by atoms with Crippen LogP contribution in [0.2, 0.25) is 0 Å². The van der Waals surface area contributed by atoms with Crippen LogP contribution in [0.4, 0.5) is 0 Å². The van der Waals surface area contributed by atoms with E-state index in [1.807, 2.05) is 19.1 Å².